The molecule has 1 amide bonds. The number of amides is 1. The van der Waals surface area contributed by atoms with E-state index in [4.69, 9.17) is 4.74 Å². The molecule has 3 rings (SSSR count). The number of halogens is 1. The van der Waals surface area contributed by atoms with Crippen LogP contribution in [0.5, 0.6) is 0 Å². The van der Waals surface area contributed by atoms with E-state index in [1.807, 2.05) is 0 Å². The number of ketones is 1. The van der Waals surface area contributed by atoms with Gasteiger partial charge in [0.25, 0.3) is 11.7 Å². The Balaban J connectivity index is 2.01. The number of fused-ring (bicyclic) bond motifs is 1. The van der Waals surface area contributed by atoms with E-state index in [9.17, 15) is 19.1 Å². The average molecular weight is 280 g/mol. The number of benzene rings is 1. The monoisotopic (exact) mass is 280 g/mol. The zero-order valence-corrected chi connectivity index (χ0v) is 10.6. The molecule has 0 aliphatic carbocycles. The fourth-order valence-electron chi connectivity index (χ4n) is 2.50. The molecule has 6 nitrogen and oxygen atoms in total. The van der Waals surface area contributed by atoms with E-state index in [-0.39, 0.29) is 23.9 Å². The molecule has 106 valence electrons. The van der Waals surface area contributed by atoms with Gasteiger partial charge in [-0.05, 0) is 12.1 Å². The lowest BCUT2D eigenvalue weighted by atomic mass is 10.1. The van der Waals surface area contributed by atoms with Gasteiger partial charge in [0.05, 0.1) is 42.8 Å². The van der Waals surface area contributed by atoms with Gasteiger partial charge in [-0.1, -0.05) is 0 Å². The molecule has 2 aliphatic heterocycles. The van der Waals surface area contributed by atoms with Gasteiger partial charge in [-0.3, -0.25) is 9.59 Å². The zero-order chi connectivity index (χ0) is 14.3. The molecular formula is C13H13FN2O4. The fourth-order valence-corrected chi connectivity index (χ4v) is 2.50. The third kappa shape index (κ3) is 1.95. The predicted octanol–water partition coefficient (Wildman–Crippen LogP) is 0.158. The summed E-state index contributed by atoms with van der Waals surface area (Å²) < 4.78 is 19.4. The summed E-state index contributed by atoms with van der Waals surface area (Å²) in [6.45, 7) is 1.00. The molecule has 1 aromatic carbocycles. The normalized spacial score (nSPS) is 21.9. The van der Waals surface area contributed by atoms with Gasteiger partial charge < -0.3 is 20.1 Å². The topological polar surface area (TPSA) is 78.9 Å². The van der Waals surface area contributed by atoms with Gasteiger partial charge in [-0.25, -0.2) is 4.39 Å². The highest BCUT2D eigenvalue weighted by atomic mass is 19.1. The SMILES string of the molecule is O=C1Nc2cc(N3CCOCC3CO)c(F)cc2C1=O. The number of rotatable bonds is 2. The summed E-state index contributed by atoms with van der Waals surface area (Å²) >= 11 is 0. The molecule has 1 saturated heterocycles. The summed E-state index contributed by atoms with van der Waals surface area (Å²) in [5.74, 6) is -2.07. The highest BCUT2D eigenvalue weighted by Gasteiger charge is 2.32. The van der Waals surface area contributed by atoms with Gasteiger partial charge in [-0.15, -0.1) is 0 Å². The van der Waals surface area contributed by atoms with Crippen molar-refractivity contribution in [2.45, 2.75) is 6.04 Å². The first kappa shape index (κ1) is 13.0. The number of aliphatic hydroxyl groups is 1. The minimum absolute atomic E-state index is 0.0463. The van der Waals surface area contributed by atoms with Crippen molar-refractivity contribution in [2.24, 2.45) is 0 Å². The molecule has 7 heteroatoms. The number of carbonyl (C=O) groups excluding carboxylic acids is 2. The first-order valence-corrected chi connectivity index (χ1v) is 6.26. The largest absolute Gasteiger partial charge is 0.394 e. The highest BCUT2D eigenvalue weighted by molar-refractivity contribution is 6.51. The minimum Gasteiger partial charge on any atom is -0.394 e. The van der Waals surface area contributed by atoms with Crippen molar-refractivity contribution in [1.82, 2.24) is 0 Å². The number of Topliss-reactive ketones (excluding diaryl/α,β-unsaturated/α-hetero) is 1. The molecule has 2 heterocycles. The molecule has 1 aromatic rings. The summed E-state index contributed by atoms with van der Waals surface area (Å²) in [5, 5.41) is 11.7. The van der Waals surface area contributed by atoms with Crippen LogP contribution in [-0.2, 0) is 9.53 Å². The second-order valence-electron chi connectivity index (χ2n) is 4.74. The second-order valence-corrected chi connectivity index (χ2v) is 4.74. The van der Waals surface area contributed by atoms with E-state index >= 15 is 0 Å². The lowest BCUT2D eigenvalue weighted by Crippen LogP contribution is -2.48. The Morgan fingerprint density at radius 3 is 3.00 bits per heavy atom. The summed E-state index contributed by atoms with van der Waals surface area (Å²) in [5.41, 5.74) is 0.603. The number of nitrogens with zero attached hydrogens (tertiary/aromatic N) is 1. The van der Waals surface area contributed by atoms with Gasteiger partial charge in [0.15, 0.2) is 0 Å². The molecule has 1 fully saturated rings. The maximum atomic E-state index is 14.2. The third-order valence-electron chi connectivity index (χ3n) is 3.53. The van der Waals surface area contributed by atoms with Crippen LogP contribution in [0.4, 0.5) is 15.8 Å². The number of hydrogen-bond donors (Lipinski definition) is 2. The molecule has 20 heavy (non-hydrogen) atoms. The number of carbonyl (C=O) groups is 2. The van der Waals surface area contributed by atoms with Crippen LogP contribution in [0.25, 0.3) is 0 Å². The van der Waals surface area contributed by atoms with Crippen LogP contribution < -0.4 is 10.2 Å². The fraction of sp³-hybridized carbons (Fsp3) is 0.385. The Bertz CT molecular complexity index is 590. The second kappa shape index (κ2) is 4.84. The number of morpholine rings is 1. The van der Waals surface area contributed by atoms with Crippen LogP contribution in [0, 0.1) is 5.82 Å². The Morgan fingerprint density at radius 2 is 2.25 bits per heavy atom. The Morgan fingerprint density at radius 1 is 1.45 bits per heavy atom. The van der Waals surface area contributed by atoms with Gasteiger partial charge in [0.1, 0.15) is 5.82 Å². The number of anilines is 2. The van der Waals surface area contributed by atoms with E-state index in [2.05, 4.69) is 5.32 Å². The molecule has 0 spiro atoms. The van der Waals surface area contributed by atoms with Crippen molar-refractivity contribution >= 4 is 23.1 Å². The Labute approximate surface area is 114 Å². The first-order chi connectivity index (χ1) is 9.61. The molecule has 1 atom stereocenters. The predicted molar refractivity (Wildman–Crippen MR) is 68.4 cm³/mol. The number of aliphatic hydroxyl groups excluding tert-OH is 1. The van der Waals surface area contributed by atoms with E-state index < -0.39 is 17.5 Å². The van der Waals surface area contributed by atoms with Crippen molar-refractivity contribution in [3.63, 3.8) is 0 Å². The van der Waals surface area contributed by atoms with E-state index in [0.29, 0.717) is 25.4 Å². The van der Waals surface area contributed by atoms with Crippen molar-refractivity contribution in [3.05, 3.63) is 23.5 Å². The Kier molecular flexibility index (Phi) is 3.15. The van der Waals surface area contributed by atoms with Crippen LogP contribution in [0.2, 0.25) is 0 Å². The molecule has 2 aliphatic rings. The maximum Gasteiger partial charge on any atom is 0.296 e. The van der Waals surface area contributed by atoms with Crippen LogP contribution >= 0.6 is 0 Å². The van der Waals surface area contributed by atoms with Crippen LogP contribution in [0.1, 0.15) is 10.4 Å². The van der Waals surface area contributed by atoms with Gasteiger partial charge in [-0.2, -0.15) is 0 Å². The molecule has 0 radical (unpaired) electrons. The first-order valence-electron chi connectivity index (χ1n) is 6.26. The molecule has 0 aromatic heterocycles. The van der Waals surface area contributed by atoms with E-state index in [1.54, 1.807) is 4.90 Å². The molecular weight excluding hydrogens is 267 g/mol. The van der Waals surface area contributed by atoms with Crippen LogP contribution in [0.15, 0.2) is 12.1 Å². The summed E-state index contributed by atoms with van der Waals surface area (Å²) in [6, 6.07) is 2.15. The lowest BCUT2D eigenvalue weighted by molar-refractivity contribution is -0.112. The summed E-state index contributed by atoms with van der Waals surface area (Å²) in [6.07, 6.45) is 0. The smallest absolute Gasteiger partial charge is 0.296 e. The average Bonchev–Trinajstić information content (AvgIpc) is 2.73. The quantitative estimate of drug-likeness (QED) is 0.754. The Hall–Kier alpha value is -1.99. The molecule has 0 saturated carbocycles. The molecule has 1 unspecified atom stereocenters. The van der Waals surface area contributed by atoms with Crippen LogP contribution in [0.3, 0.4) is 0 Å². The number of ether oxygens (including phenoxy) is 1. The zero-order valence-electron chi connectivity index (χ0n) is 10.6. The van der Waals surface area contributed by atoms with Crippen LogP contribution in [-0.4, -0.2) is 49.2 Å². The third-order valence-corrected chi connectivity index (χ3v) is 3.53. The number of nitrogens with one attached hydrogen (secondary N) is 1. The lowest BCUT2D eigenvalue weighted by Gasteiger charge is -2.36. The van der Waals surface area contributed by atoms with E-state index in [0.717, 1.165) is 6.07 Å². The van der Waals surface area contributed by atoms with Crippen molar-refractivity contribution in [1.29, 1.82) is 0 Å². The maximum absolute atomic E-state index is 14.2. The minimum atomic E-state index is -0.753. The summed E-state index contributed by atoms with van der Waals surface area (Å²) in [4.78, 5) is 24.5. The van der Waals surface area contributed by atoms with Gasteiger partial charge >= 0.3 is 0 Å². The number of hydrogen-bond acceptors (Lipinski definition) is 5. The van der Waals surface area contributed by atoms with Crippen molar-refractivity contribution < 1.29 is 23.8 Å². The summed E-state index contributed by atoms with van der Waals surface area (Å²) in [7, 11) is 0. The van der Waals surface area contributed by atoms with Crippen molar-refractivity contribution in [3.8, 4) is 0 Å². The van der Waals surface area contributed by atoms with Gasteiger partial charge in [0.2, 0.25) is 0 Å². The van der Waals surface area contributed by atoms with E-state index in [1.165, 1.54) is 6.07 Å². The van der Waals surface area contributed by atoms with Gasteiger partial charge in [0, 0.05) is 6.54 Å². The molecule has 2 N–H and O–H groups in total. The molecule has 0 bridgehead atoms. The standard InChI is InChI=1S/C13H13FN2O4/c14-9-3-8-10(15-13(19)12(8)18)4-11(9)16-1-2-20-6-7(16)5-17/h3-4,7,17H,1-2,5-6H2,(H,15,18,19). The van der Waals surface area contributed by atoms with Crippen molar-refractivity contribution in [2.75, 3.05) is 36.6 Å². The highest BCUT2D eigenvalue weighted by Crippen LogP contribution is 2.32.